The molecule has 21 heavy (non-hydrogen) atoms. The van der Waals surface area contributed by atoms with E-state index in [0.717, 1.165) is 5.56 Å². The Kier molecular flexibility index (Phi) is 7.24. The van der Waals surface area contributed by atoms with Gasteiger partial charge in [-0.25, -0.2) is 0 Å². The van der Waals surface area contributed by atoms with Crippen LogP contribution in [0.15, 0.2) is 30.0 Å². The summed E-state index contributed by atoms with van der Waals surface area (Å²) < 4.78 is 17.1. The van der Waals surface area contributed by atoms with E-state index < -0.39 is 13.7 Å². The van der Waals surface area contributed by atoms with Gasteiger partial charge in [-0.2, -0.15) is 0 Å². The number of hydrogen-bond donors (Lipinski definition) is 0. The highest BCUT2D eigenvalue weighted by Gasteiger charge is 2.37. The second-order valence-electron chi connectivity index (χ2n) is 4.08. The third-order valence-electron chi connectivity index (χ3n) is 2.62. The number of benzene rings is 1. The quantitative estimate of drug-likeness (QED) is 0.398. The molecule has 0 unspecified atom stereocenters. The van der Waals surface area contributed by atoms with Gasteiger partial charge in [0.15, 0.2) is 0 Å². The number of nitro benzene ring substituents is 1. The first-order chi connectivity index (χ1) is 10.1. The predicted octanol–water partition coefficient (Wildman–Crippen LogP) is 3.20. The molecule has 0 heterocycles. The van der Waals surface area contributed by atoms with E-state index in [4.69, 9.17) is 13.3 Å². The van der Waals surface area contributed by atoms with Crippen LogP contribution in [0, 0.1) is 10.1 Å². The van der Waals surface area contributed by atoms with Crippen molar-refractivity contribution in [2.75, 3.05) is 19.8 Å². The summed E-state index contributed by atoms with van der Waals surface area (Å²) in [5.74, 6) is 0. The zero-order chi connectivity index (χ0) is 15.7. The molecule has 0 aromatic heterocycles. The Labute approximate surface area is 125 Å². The Hall–Kier alpha value is -1.54. The van der Waals surface area contributed by atoms with Crippen molar-refractivity contribution in [3.05, 3.63) is 45.6 Å². The van der Waals surface area contributed by atoms with Crippen LogP contribution in [-0.2, 0) is 13.3 Å². The molecule has 0 aliphatic carbocycles. The van der Waals surface area contributed by atoms with E-state index in [1.54, 1.807) is 12.1 Å². The molecule has 0 atom stereocenters. The maximum atomic E-state index is 10.6. The Morgan fingerprint density at radius 1 is 1.05 bits per heavy atom. The molecule has 0 spiro atoms. The van der Waals surface area contributed by atoms with Gasteiger partial charge in [-0.05, 0) is 44.2 Å². The van der Waals surface area contributed by atoms with Gasteiger partial charge in [-0.15, -0.1) is 0 Å². The van der Waals surface area contributed by atoms with Gasteiger partial charge < -0.3 is 13.3 Å². The van der Waals surface area contributed by atoms with E-state index >= 15 is 0 Å². The molecule has 0 aliphatic heterocycles. The maximum Gasteiger partial charge on any atom is 0.529 e. The summed E-state index contributed by atoms with van der Waals surface area (Å²) in [6.07, 6.45) is 1.82. The second kappa shape index (κ2) is 8.68. The molecule has 0 amide bonds. The summed E-state index contributed by atoms with van der Waals surface area (Å²) in [4.78, 5) is 10.2. The number of nitro groups is 1. The Bertz CT molecular complexity index is 458. The van der Waals surface area contributed by atoms with Crippen LogP contribution in [0.2, 0.25) is 0 Å². The van der Waals surface area contributed by atoms with E-state index in [2.05, 4.69) is 0 Å². The van der Waals surface area contributed by atoms with E-state index in [-0.39, 0.29) is 5.69 Å². The zero-order valence-corrected chi connectivity index (χ0v) is 13.6. The van der Waals surface area contributed by atoms with Gasteiger partial charge in [-0.3, -0.25) is 10.1 Å². The monoisotopic (exact) mass is 311 g/mol. The molecule has 1 aromatic rings. The summed E-state index contributed by atoms with van der Waals surface area (Å²) >= 11 is 0. The summed E-state index contributed by atoms with van der Waals surface area (Å²) in [6, 6.07) is 6.28. The van der Waals surface area contributed by atoms with Crippen LogP contribution in [0.5, 0.6) is 0 Å². The van der Waals surface area contributed by atoms with Crippen molar-refractivity contribution in [3.63, 3.8) is 0 Å². The number of rotatable bonds is 9. The molecule has 0 N–H and O–H groups in total. The summed E-state index contributed by atoms with van der Waals surface area (Å²) in [6.45, 7) is 7.16. The van der Waals surface area contributed by atoms with Gasteiger partial charge in [0.2, 0.25) is 0 Å². The van der Waals surface area contributed by atoms with Gasteiger partial charge in [0.05, 0.1) is 4.92 Å². The van der Waals surface area contributed by atoms with Crippen molar-refractivity contribution in [3.8, 4) is 0 Å². The van der Waals surface area contributed by atoms with Crippen LogP contribution in [0.1, 0.15) is 26.3 Å². The molecule has 1 rings (SSSR count). The van der Waals surface area contributed by atoms with Gasteiger partial charge in [0.1, 0.15) is 0 Å². The van der Waals surface area contributed by atoms with Gasteiger partial charge >= 0.3 is 8.80 Å². The lowest BCUT2D eigenvalue weighted by molar-refractivity contribution is -0.384. The van der Waals surface area contributed by atoms with Crippen molar-refractivity contribution in [1.29, 1.82) is 0 Å². The summed E-state index contributed by atoms with van der Waals surface area (Å²) in [5, 5.41) is 10.6. The lowest BCUT2D eigenvalue weighted by atomic mass is 10.2. The molecule has 1 aromatic carbocycles. The molecule has 7 heteroatoms. The molecule has 6 nitrogen and oxygen atoms in total. The predicted molar refractivity (Wildman–Crippen MR) is 82.8 cm³/mol. The molecule has 116 valence electrons. The molecule has 0 saturated heterocycles. The molecule has 0 fully saturated rings. The van der Waals surface area contributed by atoms with Gasteiger partial charge in [0, 0.05) is 32.0 Å². The zero-order valence-electron chi connectivity index (χ0n) is 12.6. The van der Waals surface area contributed by atoms with Crippen molar-refractivity contribution < 1.29 is 18.2 Å². The van der Waals surface area contributed by atoms with Crippen LogP contribution in [0.4, 0.5) is 5.69 Å². The Balaban J connectivity index is 2.92. The minimum atomic E-state index is -2.83. The van der Waals surface area contributed by atoms with E-state index in [1.807, 2.05) is 32.5 Å². The molecule has 0 saturated carbocycles. The first-order valence-electron chi connectivity index (χ1n) is 6.92. The van der Waals surface area contributed by atoms with E-state index in [1.165, 1.54) is 12.1 Å². The fourth-order valence-electron chi connectivity index (χ4n) is 1.78. The van der Waals surface area contributed by atoms with Crippen molar-refractivity contribution >= 4 is 20.6 Å². The first-order valence-corrected chi connectivity index (χ1v) is 8.72. The highest BCUT2D eigenvalue weighted by Crippen LogP contribution is 2.17. The van der Waals surface area contributed by atoms with Crippen LogP contribution in [0.25, 0.3) is 6.08 Å². The van der Waals surface area contributed by atoms with Crippen molar-refractivity contribution in [1.82, 2.24) is 0 Å². The molecule has 0 aliphatic rings. The smallest absolute Gasteiger partial charge is 0.371 e. The van der Waals surface area contributed by atoms with E-state index in [0.29, 0.717) is 19.8 Å². The third-order valence-corrected chi connectivity index (χ3v) is 5.27. The number of nitrogens with zero attached hydrogens (tertiary/aromatic N) is 1. The SMILES string of the molecule is CCO[Si](C=Cc1ccc([N+](=O)[O-])cc1)(OCC)OCC. The highest BCUT2D eigenvalue weighted by molar-refractivity contribution is 6.67. The molecule has 0 radical (unpaired) electrons. The lowest BCUT2D eigenvalue weighted by Crippen LogP contribution is -2.44. The molecule has 0 bridgehead atoms. The molecular formula is C14H21NO5Si. The summed E-state index contributed by atoms with van der Waals surface area (Å²) in [5.41, 5.74) is 2.71. The maximum absolute atomic E-state index is 10.6. The fraction of sp³-hybridized carbons (Fsp3) is 0.429. The summed E-state index contributed by atoms with van der Waals surface area (Å²) in [7, 11) is -2.83. The Morgan fingerprint density at radius 3 is 1.90 bits per heavy atom. The number of non-ortho nitro benzene ring substituents is 1. The van der Waals surface area contributed by atoms with E-state index in [9.17, 15) is 10.1 Å². The van der Waals surface area contributed by atoms with Crippen LogP contribution >= 0.6 is 0 Å². The van der Waals surface area contributed by atoms with Gasteiger partial charge in [-0.1, -0.05) is 6.08 Å². The minimum Gasteiger partial charge on any atom is -0.371 e. The standard InChI is InChI=1S/C14H21NO5Si/c1-4-18-21(19-5-2,20-6-3)12-11-13-7-9-14(10-8-13)15(16)17/h7-12H,4-6H2,1-3H3. The number of hydrogen-bond acceptors (Lipinski definition) is 5. The normalized spacial score (nSPS) is 12.0. The van der Waals surface area contributed by atoms with Crippen LogP contribution < -0.4 is 0 Å². The van der Waals surface area contributed by atoms with Gasteiger partial charge in [0.25, 0.3) is 5.69 Å². The average molecular weight is 311 g/mol. The highest BCUT2D eigenvalue weighted by atomic mass is 28.4. The first kappa shape index (κ1) is 17.5. The fourth-order valence-corrected chi connectivity index (χ4v) is 3.92. The topological polar surface area (TPSA) is 70.8 Å². The van der Waals surface area contributed by atoms with Crippen LogP contribution in [0.3, 0.4) is 0 Å². The average Bonchev–Trinajstić information content (AvgIpc) is 2.46. The van der Waals surface area contributed by atoms with Crippen molar-refractivity contribution in [2.45, 2.75) is 20.8 Å². The third kappa shape index (κ3) is 5.39. The second-order valence-corrected chi connectivity index (χ2v) is 6.49. The molecular weight excluding hydrogens is 290 g/mol. The lowest BCUT2D eigenvalue weighted by Gasteiger charge is -2.25. The largest absolute Gasteiger partial charge is 0.529 e. The van der Waals surface area contributed by atoms with Crippen molar-refractivity contribution in [2.24, 2.45) is 0 Å². The minimum absolute atomic E-state index is 0.0649. The Morgan fingerprint density at radius 2 is 1.52 bits per heavy atom. The van der Waals surface area contributed by atoms with Crippen LogP contribution in [-0.4, -0.2) is 33.5 Å².